The van der Waals surface area contributed by atoms with E-state index >= 15 is 0 Å². The molecule has 230 valence electrons. The Balaban J connectivity index is 1.83. The normalized spacial score (nSPS) is 13.8. The summed E-state index contributed by atoms with van der Waals surface area (Å²) in [6.07, 6.45) is 9.64. The molecule has 3 rings (SSSR count). The summed E-state index contributed by atoms with van der Waals surface area (Å²) < 4.78 is 40.1. The maximum atomic E-state index is 13.9. The van der Waals surface area contributed by atoms with Gasteiger partial charge in [-0.3, -0.25) is 14.2 Å². The number of carboxylic acid groups (broad SMARTS) is 1. The van der Waals surface area contributed by atoms with Crippen LogP contribution in [0.25, 0.3) is 12.2 Å². The van der Waals surface area contributed by atoms with Gasteiger partial charge in [-0.2, -0.15) is 0 Å². The summed E-state index contributed by atoms with van der Waals surface area (Å²) in [4.78, 5) is 29.3. The van der Waals surface area contributed by atoms with Crippen LogP contribution in [0.15, 0.2) is 57.6 Å². The molecule has 0 saturated carbocycles. The van der Waals surface area contributed by atoms with Gasteiger partial charge in [-0.25, -0.2) is 13.8 Å². The van der Waals surface area contributed by atoms with Crippen molar-refractivity contribution in [3.63, 3.8) is 0 Å². The zero-order valence-corrected chi connectivity index (χ0v) is 25.1. The van der Waals surface area contributed by atoms with Crippen molar-refractivity contribution in [2.45, 2.75) is 85.5 Å². The third kappa shape index (κ3) is 9.95. The summed E-state index contributed by atoms with van der Waals surface area (Å²) in [6, 6.07) is 6.61. The zero-order chi connectivity index (χ0) is 31.4. The van der Waals surface area contributed by atoms with Crippen molar-refractivity contribution in [1.29, 1.82) is 0 Å². The van der Waals surface area contributed by atoms with Gasteiger partial charge in [0.1, 0.15) is 24.1 Å². The molecule has 0 fully saturated rings. The van der Waals surface area contributed by atoms with Crippen LogP contribution < -0.4 is 16.1 Å². The van der Waals surface area contributed by atoms with Crippen LogP contribution in [0.2, 0.25) is 0 Å². The first kappa shape index (κ1) is 33.3. The monoisotopic (exact) mass is 595 g/mol. The molecule has 1 unspecified atom stereocenters. The Morgan fingerprint density at radius 2 is 2.00 bits per heavy atom. The number of carbonyl (C=O) groups is 1. The molecule has 0 aliphatic rings. The molecule has 0 amide bonds. The summed E-state index contributed by atoms with van der Waals surface area (Å²) in [6.45, 7) is 7.82. The van der Waals surface area contributed by atoms with Crippen LogP contribution in [0, 0.1) is 12.7 Å². The van der Waals surface area contributed by atoms with E-state index in [1.807, 2.05) is 13.0 Å². The Kier molecular flexibility index (Phi) is 12.8. The number of nitrogens with zero attached hydrogens (tertiary/aromatic N) is 3. The maximum absolute atomic E-state index is 13.9. The first-order chi connectivity index (χ1) is 20.6. The minimum Gasteiger partial charge on any atom is -0.481 e. The lowest BCUT2D eigenvalue weighted by Crippen LogP contribution is -2.48. The molecule has 0 aliphatic carbocycles. The molecule has 8 nitrogen and oxygen atoms in total. The van der Waals surface area contributed by atoms with Crippen molar-refractivity contribution in [3.8, 4) is 0 Å². The number of benzene rings is 1. The van der Waals surface area contributed by atoms with Crippen LogP contribution in [0.5, 0.6) is 0 Å². The second kappa shape index (κ2) is 16.5. The van der Waals surface area contributed by atoms with E-state index in [-0.39, 0.29) is 42.7 Å². The van der Waals surface area contributed by atoms with Gasteiger partial charge in [0.25, 0.3) is 5.56 Å². The van der Waals surface area contributed by atoms with Gasteiger partial charge in [-0.15, -0.1) is 0 Å². The molecule has 0 aliphatic heterocycles. The quantitative estimate of drug-likeness (QED) is 0.185. The number of hydrogen-bond acceptors (Lipinski definition) is 6. The Bertz CT molecular complexity index is 1640. The molecule has 1 aromatic carbocycles. The third-order valence-electron chi connectivity index (χ3n) is 6.85. The molecular weight excluding hydrogens is 556 g/mol. The van der Waals surface area contributed by atoms with Crippen LogP contribution in [0.3, 0.4) is 0 Å². The number of aliphatic carboxylic acids is 1. The fourth-order valence-electron chi connectivity index (χ4n) is 4.57. The first-order valence-electron chi connectivity index (χ1n) is 14.4. The summed E-state index contributed by atoms with van der Waals surface area (Å²) in [5.74, 6) is -0.729. The van der Waals surface area contributed by atoms with E-state index in [1.165, 1.54) is 18.2 Å². The minimum atomic E-state index is -0.878. The average Bonchev–Trinajstić information content (AvgIpc) is 3.44. The molecule has 3 aromatic rings. The van der Waals surface area contributed by atoms with E-state index in [1.54, 1.807) is 55.7 Å². The Morgan fingerprint density at radius 1 is 1.21 bits per heavy atom. The molecule has 0 radical (unpaired) electrons. The highest BCUT2D eigenvalue weighted by molar-refractivity contribution is 5.66. The predicted octanol–water partition coefficient (Wildman–Crippen LogP) is 5.40. The first-order valence-corrected chi connectivity index (χ1v) is 14.4. The summed E-state index contributed by atoms with van der Waals surface area (Å²) >= 11 is 0. The largest absolute Gasteiger partial charge is 0.481 e. The Hall–Kier alpha value is -4.18. The fourth-order valence-corrected chi connectivity index (χ4v) is 4.57. The van der Waals surface area contributed by atoms with Crippen molar-refractivity contribution in [2.24, 2.45) is 0 Å². The van der Waals surface area contributed by atoms with Gasteiger partial charge in [0.15, 0.2) is 5.76 Å². The van der Waals surface area contributed by atoms with Crippen LogP contribution in [0.4, 0.5) is 8.78 Å². The maximum Gasteiger partial charge on any atom is 0.303 e. The lowest BCUT2D eigenvalue weighted by atomic mass is 10.1. The Labute approximate surface area is 249 Å². The topological polar surface area (TPSA) is 107 Å². The van der Waals surface area contributed by atoms with Gasteiger partial charge in [0.2, 0.25) is 0 Å². The summed E-state index contributed by atoms with van der Waals surface area (Å²) in [5.41, 5.74) is 1.80. The predicted molar refractivity (Wildman–Crippen MR) is 161 cm³/mol. The van der Waals surface area contributed by atoms with E-state index in [0.29, 0.717) is 65.7 Å². The lowest BCUT2D eigenvalue weighted by Gasteiger charge is -2.12. The van der Waals surface area contributed by atoms with E-state index in [4.69, 9.17) is 19.4 Å². The van der Waals surface area contributed by atoms with Gasteiger partial charge in [-0.05, 0) is 75.5 Å². The highest BCUT2D eigenvalue weighted by Gasteiger charge is 2.14. The Morgan fingerprint density at radius 3 is 2.70 bits per heavy atom. The molecular formula is C33H39F2N3O5. The number of halogens is 2. The second-order valence-electron chi connectivity index (χ2n) is 10.3. The average molecular weight is 596 g/mol. The number of hydrogen-bond donors (Lipinski definition) is 1. The van der Waals surface area contributed by atoms with E-state index in [9.17, 15) is 18.4 Å². The number of aromatic nitrogens is 3. The standard InChI is InChI=1S/C33H39F2N3O5/c1-5-10-25(34)11-9-16-38-31(12-7-8-13-32(39)40)36-30(27(6-2)33(38)41)18-23(4)29-19-26(43-37-29)21-42-20-24-14-15-28(35)22(3)17-24/h5-6,10-11,14-15,17-19,23H,7-9,12-13,16,20-21H2,1-4H3,(H,39,40)/b10-5-,25-11+,27-6+,30-18+. The molecule has 1 atom stereocenters. The lowest BCUT2D eigenvalue weighted by molar-refractivity contribution is -0.137. The molecule has 0 spiro atoms. The van der Waals surface area contributed by atoms with Crippen LogP contribution >= 0.6 is 0 Å². The number of rotatable bonds is 15. The van der Waals surface area contributed by atoms with Crippen molar-refractivity contribution >= 4 is 18.1 Å². The van der Waals surface area contributed by atoms with E-state index < -0.39 is 5.97 Å². The summed E-state index contributed by atoms with van der Waals surface area (Å²) in [5, 5.41) is 14.1. The van der Waals surface area contributed by atoms with E-state index in [0.717, 1.165) is 5.56 Å². The number of ether oxygens (including phenoxy) is 1. The van der Waals surface area contributed by atoms with Gasteiger partial charge in [0.05, 0.1) is 22.9 Å². The van der Waals surface area contributed by atoms with Gasteiger partial charge in [0, 0.05) is 31.4 Å². The van der Waals surface area contributed by atoms with Crippen LogP contribution in [-0.4, -0.2) is 25.8 Å². The molecule has 10 heteroatoms. The molecule has 0 saturated heterocycles. The second-order valence-corrected chi connectivity index (χ2v) is 10.3. The van der Waals surface area contributed by atoms with Gasteiger partial charge in [-0.1, -0.05) is 36.4 Å². The van der Waals surface area contributed by atoms with Crippen molar-refractivity contribution in [3.05, 3.63) is 103 Å². The molecule has 2 heterocycles. The molecule has 43 heavy (non-hydrogen) atoms. The minimum absolute atomic E-state index is 0.0279. The van der Waals surface area contributed by atoms with Crippen molar-refractivity contribution in [1.82, 2.24) is 14.7 Å². The third-order valence-corrected chi connectivity index (χ3v) is 6.85. The van der Waals surface area contributed by atoms with Crippen molar-refractivity contribution < 1.29 is 27.9 Å². The zero-order valence-electron chi connectivity index (χ0n) is 25.1. The highest BCUT2D eigenvalue weighted by atomic mass is 19.1. The van der Waals surface area contributed by atoms with Crippen molar-refractivity contribution in [2.75, 3.05) is 0 Å². The fraction of sp³-hybridized carbons (Fsp3) is 0.394. The smallest absolute Gasteiger partial charge is 0.303 e. The molecule has 0 bridgehead atoms. The number of unbranched alkanes of at least 4 members (excludes halogenated alkanes) is 1. The van der Waals surface area contributed by atoms with Gasteiger partial charge >= 0.3 is 5.97 Å². The molecule has 1 N–H and O–H groups in total. The van der Waals surface area contributed by atoms with Gasteiger partial charge < -0.3 is 14.4 Å². The SMILES string of the molecule is C/C=C\C(F)=C/CCn1c(CCCCC(=O)O)nc(=C/C(C)c2cc(COCc3ccc(F)c(C)c3)on2)/c(=C\C)c1=O. The van der Waals surface area contributed by atoms with E-state index in [2.05, 4.69) is 5.16 Å². The molecule has 2 aromatic heterocycles. The summed E-state index contributed by atoms with van der Waals surface area (Å²) in [7, 11) is 0. The number of aryl methyl sites for hydroxylation is 2. The van der Waals surface area contributed by atoms with Crippen LogP contribution in [-0.2, 0) is 35.7 Å². The number of carboxylic acids is 1. The number of allylic oxidation sites excluding steroid dienone is 4. The highest BCUT2D eigenvalue weighted by Crippen LogP contribution is 2.18. The van der Waals surface area contributed by atoms with Crippen LogP contribution in [0.1, 0.15) is 80.8 Å².